The van der Waals surface area contributed by atoms with Gasteiger partial charge in [0.2, 0.25) is 5.11 Å². The average molecular weight is 179 g/mol. The van der Waals surface area contributed by atoms with Crippen LogP contribution in [-0.4, -0.2) is 22.6 Å². The van der Waals surface area contributed by atoms with Gasteiger partial charge < -0.3 is 0 Å². The molecule has 0 saturated carbocycles. The Morgan fingerprint density at radius 2 is 2.25 bits per heavy atom. The number of hydrogen-bond donors (Lipinski definition) is 1. The first-order valence-corrected chi connectivity index (χ1v) is 3.79. The molecule has 0 aromatic carbocycles. The number of carbonyl (C=O) groups is 1. The van der Waals surface area contributed by atoms with E-state index >= 15 is 0 Å². The summed E-state index contributed by atoms with van der Waals surface area (Å²) in [6.07, 6.45) is 1.69. The minimum Gasteiger partial charge on any atom is -0.297 e. The van der Waals surface area contributed by atoms with Gasteiger partial charge in [-0.3, -0.25) is 10.1 Å². The molecule has 5 heteroatoms. The van der Waals surface area contributed by atoms with E-state index in [-0.39, 0.29) is 11.0 Å². The smallest absolute Gasteiger partial charge is 0.261 e. The van der Waals surface area contributed by atoms with Crippen LogP contribution in [0, 0.1) is 0 Å². The number of nitrogens with one attached hydrogen (secondary N) is 1. The lowest BCUT2D eigenvalue weighted by atomic mass is 10.2. The Morgan fingerprint density at radius 1 is 1.50 bits per heavy atom. The number of amides is 1. The zero-order valence-electron chi connectivity index (χ0n) is 6.29. The van der Waals surface area contributed by atoms with Crippen LogP contribution in [0.4, 0.5) is 0 Å². The summed E-state index contributed by atoms with van der Waals surface area (Å²) in [5, 5.41) is 2.62. The van der Waals surface area contributed by atoms with E-state index in [0.29, 0.717) is 11.4 Å². The molecular weight excluding hydrogens is 174 g/mol. The van der Waals surface area contributed by atoms with E-state index < -0.39 is 0 Å². The molecule has 1 N–H and O–H groups in total. The van der Waals surface area contributed by atoms with Crippen molar-refractivity contribution < 1.29 is 4.79 Å². The van der Waals surface area contributed by atoms with Gasteiger partial charge in [0.05, 0.1) is 5.57 Å². The second kappa shape index (κ2) is 2.31. The van der Waals surface area contributed by atoms with E-state index in [9.17, 15) is 4.79 Å². The van der Waals surface area contributed by atoms with Crippen molar-refractivity contribution in [3.05, 3.63) is 11.6 Å². The third kappa shape index (κ3) is 0.984. The number of carbonyl (C=O) groups excluding carboxylic acids is 1. The lowest BCUT2D eigenvalue weighted by molar-refractivity contribution is -0.115. The highest BCUT2D eigenvalue weighted by Gasteiger charge is 2.25. The monoisotopic (exact) mass is 179 g/mol. The van der Waals surface area contributed by atoms with Crippen LogP contribution in [0.3, 0.4) is 0 Å². The second-order valence-corrected chi connectivity index (χ2v) is 2.89. The fraction of sp³-hybridized carbons (Fsp3) is 0.143. The van der Waals surface area contributed by atoms with Crippen LogP contribution in [0.15, 0.2) is 21.6 Å². The standard InChI is InChI=1S/C7H5N3OS/c1-3-2-4-5(8-3)9-7(12)10-6(4)11/h2H,1H3,(H,10,11,12). The molecule has 4 nitrogen and oxygen atoms in total. The molecule has 0 unspecified atom stereocenters. The van der Waals surface area contributed by atoms with Crippen molar-refractivity contribution >= 4 is 34.8 Å². The minimum atomic E-state index is -0.217. The third-order valence-corrected chi connectivity index (χ3v) is 1.74. The molecule has 0 aromatic rings. The summed E-state index contributed by atoms with van der Waals surface area (Å²) in [4.78, 5) is 19.2. The third-order valence-electron chi connectivity index (χ3n) is 1.55. The molecule has 0 bridgehead atoms. The molecule has 0 aromatic heterocycles. The van der Waals surface area contributed by atoms with Crippen molar-refractivity contribution in [1.82, 2.24) is 5.32 Å². The SMILES string of the molecule is CC1=NC2=NC(=S)NC(=O)C2=C1. The van der Waals surface area contributed by atoms with Gasteiger partial charge in [0, 0.05) is 5.71 Å². The predicted molar refractivity (Wildman–Crippen MR) is 49.4 cm³/mol. The number of nitrogens with zero attached hydrogens (tertiary/aromatic N) is 2. The van der Waals surface area contributed by atoms with Gasteiger partial charge in [-0.2, -0.15) is 4.99 Å². The van der Waals surface area contributed by atoms with Crippen LogP contribution in [0.25, 0.3) is 0 Å². The van der Waals surface area contributed by atoms with E-state index in [0.717, 1.165) is 5.71 Å². The molecule has 2 rings (SSSR count). The van der Waals surface area contributed by atoms with Crippen LogP contribution in [0.1, 0.15) is 6.92 Å². The first-order valence-electron chi connectivity index (χ1n) is 3.38. The summed E-state index contributed by atoms with van der Waals surface area (Å²) in [6.45, 7) is 1.81. The number of allylic oxidation sites excluding steroid dienone is 1. The molecule has 1 amide bonds. The maximum absolute atomic E-state index is 11.2. The van der Waals surface area contributed by atoms with Gasteiger partial charge in [-0.1, -0.05) is 0 Å². The van der Waals surface area contributed by atoms with Gasteiger partial charge in [-0.25, -0.2) is 4.99 Å². The molecule has 2 aliphatic heterocycles. The Hall–Kier alpha value is -1.36. The summed E-state index contributed by atoms with van der Waals surface area (Å²) in [7, 11) is 0. The molecule has 0 fully saturated rings. The summed E-state index contributed by atoms with van der Waals surface area (Å²) >= 11 is 4.73. The molecular formula is C7H5N3OS. The highest BCUT2D eigenvalue weighted by atomic mass is 32.1. The molecule has 0 spiro atoms. The Bertz CT molecular complexity index is 378. The quantitative estimate of drug-likeness (QED) is 0.540. The Morgan fingerprint density at radius 3 is 3.00 bits per heavy atom. The topological polar surface area (TPSA) is 53.8 Å². The van der Waals surface area contributed by atoms with Crippen LogP contribution in [0.5, 0.6) is 0 Å². The largest absolute Gasteiger partial charge is 0.297 e. The van der Waals surface area contributed by atoms with E-state index in [1.165, 1.54) is 0 Å². The molecule has 0 saturated heterocycles. The van der Waals surface area contributed by atoms with Crippen molar-refractivity contribution in [1.29, 1.82) is 0 Å². The molecule has 2 heterocycles. The molecule has 0 atom stereocenters. The zero-order chi connectivity index (χ0) is 8.72. The van der Waals surface area contributed by atoms with Crippen LogP contribution in [-0.2, 0) is 4.79 Å². The molecule has 2 aliphatic rings. The summed E-state index contributed by atoms with van der Waals surface area (Å²) in [5.74, 6) is 0.215. The van der Waals surface area contributed by atoms with Gasteiger partial charge in [-0.15, -0.1) is 0 Å². The molecule has 0 aliphatic carbocycles. The van der Waals surface area contributed by atoms with Gasteiger partial charge >= 0.3 is 0 Å². The maximum atomic E-state index is 11.2. The lowest BCUT2D eigenvalue weighted by Crippen LogP contribution is -2.35. The molecule has 0 radical (unpaired) electrons. The predicted octanol–water partition coefficient (Wildman–Crippen LogP) is 0.200. The van der Waals surface area contributed by atoms with Crippen molar-refractivity contribution in [3.63, 3.8) is 0 Å². The van der Waals surface area contributed by atoms with Gasteiger partial charge in [0.25, 0.3) is 5.91 Å². The molecule has 12 heavy (non-hydrogen) atoms. The number of amidine groups is 1. The fourth-order valence-electron chi connectivity index (χ4n) is 1.07. The van der Waals surface area contributed by atoms with Crippen molar-refractivity contribution in [2.75, 3.05) is 0 Å². The molecule has 60 valence electrons. The number of rotatable bonds is 0. The number of aliphatic imine (C=N–C) groups is 2. The van der Waals surface area contributed by atoms with Crippen LogP contribution < -0.4 is 5.32 Å². The fourth-order valence-corrected chi connectivity index (χ4v) is 1.25. The first-order chi connectivity index (χ1) is 5.66. The van der Waals surface area contributed by atoms with Crippen molar-refractivity contribution in [2.24, 2.45) is 9.98 Å². The number of fused-ring (bicyclic) bond motifs is 1. The first kappa shape index (κ1) is 7.30. The normalized spacial score (nSPS) is 20.9. The second-order valence-electron chi connectivity index (χ2n) is 2.51. The van der Waals surface area contributed by atoms with E-state index in [1.54, 1.807) is 6.08 Å². The minimum absolute atomic E-state index is 0.186. The van der Waals surface area contributed by atoms with Crippen molar-refractivity contribution in [2.45, 2.75) is 6.92 Å². The summed E-state index contributed by atoms with van der Waals surface area (Å²) < 4.78 is 0. The van der Waals surface area contributed by atoms with E-state index in [1.807, 2.05) is 6.92 Å². The van der Waals surface area contributed by atoms with Gasteiger partial charge in [-0.05, 0) is 25.2 Å². The Labute approximate surface area is 74.1 Å². The van der Waals surface area contributed by atoms with Crippen molar-refractivity contribution in [3.8, 4) is 0 Å². The van der Waals surface area contributed by atoms with E-state index in [4.69, 9.17) is 12.2 Å². The average Bonchev–Trinajstić information content (AvgIpc) is 2.29. The number of hydrogen-bond acceptors (Lipinski definition) is 3. The highest BCUT2D eigenvalue weighted by molar-refractivity contribution is 7.80. The summed E-state index contributed by atoms with van der Waals surface area (Å²) in [6, 6.07) is 0. The zero-order valence-corrected chi connectivity index (χ0v) is 7.10. The van der Waals surface area contributed by atoms with Crippen LogP contribution >= 0.6 is 12.2 Å². The Balaban J connectivity index is 2.53. The summed E-state index contributed by atoms with van der Waals surface area (Å²) in [5.41, 5.74) is 1.28. The lowest BCUT2D eigenvalue weighted by Gasteiger charge is -2.09. The van der Waals surface area contributed by atoms with Crippen LogP contribution in [0.2, 0.25) is 0 Å². The number of thiocarbonyl (C=S) groups is 1. The van der Waals surface area contributed by atoms with Gasteiger partial charge in [0.15, 0.2) is 5.84 Å². The maximum Gasteiger partial charge on any atom is 0.261 e. The van der Waals surface area contributed by atoms with Gasteiger partial charge in [0.1, 0.15) is 0 Å². The van der Waals surface area contributed by atoms with E-state index in [2.05, 4.69) is 15.3 Å². The Kier molecular flexibility index (Phi) is 1.41. The highest BCUT2D eigenvalue weighted by Crippen LogP contribution is 2.12.